The maximum absolute atomic E-state index is 13.5. The minimum atomic E-state index is -0.872. The van der Waals surface area contributed by atoms with Crippen LogP contribution in [0.1, 0.15) is 25.1 Å². The van der Waals surface area contributed by atoms with Gasteiger partial charge in [0.15, 0.2) is 17.0 Å². The molecule has 0 saturated carbocycles. The molecule has 0 bridgehead atoms. The van der Waals surface area contributed by atoms with Crippen LogP contribution in [0.4, 0.5) is 10.2 Å². The number of fused-ring (bicyclic) bond motifs is 1. The van der Waals surface area contributed by atoms with Gasteiger partial charge >= 0.3 is 6.08 Å². The summed E-state index contributed by atoms with van der Waals surface area (Å²) >= 11 is 0. The van der Waals surface area contributed by atoms with Gasteiger partial charge in [-0.25, -0.2) is 4.98 Å². The second-order valence-corrected chi connectivity index (χ2v) is 6.96. The van der Waals surface area contributed by atoms with E-state index in [0.717, 1.165) is 5.56 Å². The number of hydrogen-bond acceptors (Lipinski definition) is 6. The smallest absolute Gasteiger partial charge is 0.312 e. The van der Waals surface area contributed by atoms with Crippen LogP contribution in [-0.4, -0.2) is 32.7 Å². The predicted molar refractivity (Wildman–Crippen MR) is 93.5 cm³/mol. The number of hydrogen-bond donors (Lipinski definition) is 1. The molecule has 26 heavy (non-hydrogen) atoms. The number of imidazole rings is 1. The molecular weight excluding hydrogens is 337 g/mol. The summed E-state index contributed by atoms with van der Waals surface area (Å²) in [6.45, 7) is 3.77. The van der Waals surface area contributed by atoms with Crippen molar-refractivity contribution >= 4 is 17.0 Å². The van der Waals surface area contributed by atoms with Crippen LogP contribution in [-0.2, 0) is 16.1 Å². The first-order chi connectivity index (χ1) is 12.5. The average Bonchev–Trinajstić information content (AvgIpc) is 3.20. The number of nitrogen functional groups attached to an aromatic ring is 1. The SMILES string of the molecule is C[C@]1(COCc2ccccc2)CO[C@@H](n2cnc3c(N)nc(F)nc32)C1. The van der Waals surface area contributed by atoms with Gasteiger partial charge in [0.1, 0.15) is 6.23 Å². The Labute approximate surface area is 150 Å². The molecule has 0 unspecified atom stereocenters. The molecule has 1 aliphatic rings. The van der Waals surface area contributed by atoms with Crippen molar-refractivity contribution in [2.75, 3.05) is 18.9 Å². The molecule has 3 heterocycles. The summed E-state index contributed by atoms with van der Waals surface area (Å²) in [5, 5.41) is 0. The van der Waals surface area contributed by atoms with E-state index >= 15 is 0 Å². The van der Waals surface area contributed by atoms with Crippen LogP contribution in [0.2, 0.25) is 0 Å². The number of ether oxygens (including phenoxy) is 2. The van der Waals surface area contributed by atoms with Gasteiger partial charge in [-0.2, -0.15) is 14.4 Å². The summed E-state index contributed by atoms with van der Waals surface area (Å²) in [5.74, 6) is 0.0261. The van der Waals surface area contributed by atoms with E-state index < -0.39 is 6.08 Å². The molecule has 8 heteroatoms. The molecule has 2 aromatic heterocycles. The monoisotopic (exact) mass is 357 g/mol. The quantitative estimate of drug-likeness (QED) is 0.707. The highest BCUT2D eigenvalue weighted by molar-refractivity contribution is 5.81. The lowest BCUT2D eigenvalue weighted by molar-refractivity contribution is 0.0232. The summed E-state index contributed by atoms with van der Waals surface area (Å²) in [5.41, 5.74) is 7.42. The van der Waals surface area contributed by atoms with Gasteiger partial charge in [-0.1, -0.05) is 37.3 Å². The minimum absolute atomic E-state index is 0.0261. The van der Waals surface area contributed by atoms with Crippen molar-refractivity contribution in [2.24, 2.45) is 5.41 Å². The van der Waals surface area contributed by atoms with Gasteiger partial charge in [-0.05, 0) is 5.56 Å². The standard InChI is InChI=1S/C18H20FN5O2/c1-18(9-25-8-12-5-3-2-4-6-12)7-13(26-10-18)24-11-21-14-15(20)22-17(19)23-16(14)24/h2-6,11,13H,7-10H2,1H3,(H2,20,22,23)/t13-,18+/m1/s1. The maximum Gasteiger partial charge on any atom is 0.312 e. The van der Waals surface area contributed by atoms with Gasteiger partial charge in [-0.3, -0.25) is 4.57 Å². The third-order valence-corrected chi connectivity index (χ3v) is 4.59. The van der Waals surface area contributed by atoms with E-state index in [9.17, 15) is 4.39 Å². The van der Waals surface area contributed by atoms with Gasteiger partial charge in [0, 0.05) is 11.8 Å². The summed E-state index contributed by atoms with van der Waals surface area (Å²) in [6.07, 6.45) is 1.11. The normalized spacial score (nSPS) is 22.9. The summed E-state index contributed by atoms with van der Waals surface area (Å²) in [7, 11) is 0. The van der Waals surface area contributed by atoms with E-state index in [0.29, 0.717) is 37.4 Å². The number of benzene rings is 1. The van der Waals surface area contributed by atoms with Gasteiger partial charge < -0.3 is 15.2 Å². The molecule has 0 spiro atoms. The number of rotatable bonds is 5. The Morgan fingerprint density at radius 3 is 2.96 bits per heavy atom. The number of halogens is 1. The molecule has 1 aliphatic heterocycles. The van der Waals surface area contributed by atoms with Crippen LogP contribution in [0.25, 0.3) is 11.2 Å². The van der Waals surface area contributed by atoms with Crippen LogP contribution in [0.15, 0.2) is 36.7 Å². The highest BCUT2D eigenvalue weighted by atomic mass is 19.1. The predicted octanol–water partition coefficient (Wildman–Crippen LogP) is 2.69. The molecule has 136 valence electrons. The summed E-state index contributed by atoms with van der Waals surface area (Å²) < 4.78 is 27.0. The van der Waals surface area contributed by atoms with E-state index in [1.807, 2.05) is 30.3 Å². The second-order valence-electron chi connectivity index (χ2n) is 6.96. The summed E-state index contributed by atoms with van der Waals surface area (Å²) in [4.78, 5) is 11.5. The Morgan fingerprint density at radius 2 is 2.15 bits per heavy atom. The number of nitrogens with zero attached hydrogens (tertiary/aromatic N) is 4. The molecular formula is C18H20FN5O2. The van der Waals surface area contributed by atoms with E-state index in [4.69, 9.17) is 15.2 Å². The van der Waals surface area contributed by atoms with Crippen molar-refractivity contribution < 1.29 is 13.9 Å². The Balaban J connectivity index is 1.44. The lowest BCUT2D eigenvalue weighted by Gasteiger charge is -2.21. The van der Waals surface area contributed by atoms with Crippen molar-refractivity contribution in [1.29, 1.82) is 0 Å². The van der Waals surface area contributed by atoms with Crippen molar-refractivity contribution in [3.63, 3.8) is 0 Å². The molecule has 0 amide bonds. The van der Waals surface area contributed by atoms with Crippen LogP contribution in [0.5, 0.6) is 0 Å². The van der Waals surface area contributed by atoms with Gasteiger partial charge in [0.25, 0.3) is 0 Å². The van der Waals surface area contributed by atoms with Crippen molar-refractivity contribution in [2.45, 2.75) is 26.2 Å². The molecule has 0 aliphatic carbocycles. The number of anilines is 1. The first-order valence-electron chi connectivity index (χ1n) is 8.43. The molecule has 4 rings (SSSR count). The van der Waals surface area contributed by atoms with Crippen molar-refractivity contribution in [1.82, 2.24) is 19.5 Å². The van der Waals surface area contributed by atoms with E-state index in [-0.39, 0.29) is 17.5 Å². The fourth-order valence-electron chi connectivity index (χ4n) is 3.23. The maximum atomic E-state index is 13.5. The molecule has 3 aromatic rings. The lowest BCUT2D eigenvalue weighted by atomic mass is 9.90. The zero-order valence-electron chi connectivity index (χ0n) is 14.4. The Kier molecular flexibility index (Phi) is 4.29. The minimum Gasteiger partial charge on any atom is -0.382 e. The van der Waals surface area contributed by atoms with Crippen LogP contribution < -0.4 is 5.73 Å². The van der Waals surface area contributed by atoms with Crippen LogP contribution >= 0.6 is 0 Å². The molecule has 1 aromatic carbocycles. The highest BCUT2D eigenvalue weighted by Gasteiger charge is 2.38. The molecule has 2 atom stereocenters. The van der Waals surface area contributed by atoms with Gasteiger partial charge in [-0.15, -0.1) is 0 Å². The first kappa shape index (κ1) is 16.9. The number of aromatic nitrogens is 4. The molecule has 2 N–H and O–H groups in total. The number of nitrogens with two attached hydrogens (primary N) is 1. The Bertz CT molecular complexity index is 917. The van der Waals surface area contributed by atoms with Gasteiger partial charge in [0.2, 0.25) is 0 Å². The van der Waals surface area contributed by atoms with E-state index in [2.05, 4.69) is 21.9 Å². The Hall–Kier alpha value is -2.58. The fourth-order valence-corrected chi connectivity index (χ4v) is 3.23. The topological polar surface area (TPSA) is 88.1 Å². The van der Waals surface area contributed by atoms with Crippen molar-refractivity contribution in [3.05, 3.63) is 48.3 Å². The zero-order valence-corrected chi connectivity index (χ0v) is 14.4. The third kappa shape index (κ3) is 3.25. The van der Waals surface area contributed by atoms with Crippen LogP contribution in [0, 0.1) is 11.5 Å². The second kappa shape index (κ2) is 6.62. The third-order valence-electron chi connectivity index (χ3n) is 4.59. The molecule has 0 radical (unpaired) electrons. The van der Waals surface area contributed by atoms with Crippen LogP contribution in [0.3, 0.4) is 0 Å². The van der Waals surface area contributed by atoms with E-state index in [1.54, 1.807) is 10.9 Å². The van der Waals surface area contributed by atoms with Gasteiger partial charge in [0.05, 0.1) is 26.1 Å². The van der Waals surface area contributed by atoms with E-state index in [1.165, 1.54) is 0 Å². The molecule has 7 nitrogen and oxygen atoms in total. The summed E-state index contributed by atoms with van der Waals surface area (Å²) in [6, 6.07) is 10.0. The Morgan fingerprint density at radius 1 is 1.35 bits per heavy atom. The first-order valence-corrected chi connectivity index (χ1v) is 8.43. The largest absolute Gasteiger partial charge is 0.382 e. The molecule has 1 fully saturated rings. The fraction of sp³-hybridized carbons (Fsp3) is 0.389. The average molecular weight is 357 g/mol. The zero-order chi connectivity index (χ0) is 18.1. The lowest BCUT2D eigenvalue weighted by Crippen LogP contribution is -2.23. The van der Waals surface area contributed by atoms with Crippen molar-refractivity contribution in [3.8, 4) is 0 Å². The highest BCUT2D eigenvalue weighted by Crippen LogP contribution is 2.39. The molecule has 1 saturated heterocycles.